The maximum absolute atomic E-state index is 13.7. The van der Waals surface area contributed by atoms with Crippen LogP contribution in [0, 0.1) is 5.82 Å². The van der Waals surface area contributed by atoms with Crippen LogP contribution in [0.1, 0.15) is 28.8 Å². The highest BCUT2D eigenvalue weighted by Crippen LogP contribution is 2.12. The van der Waals surface area contributed by atoms with Gasteiger partial charge in [0.05, 0.1) is 0 Å². The molecule has 0 aliphatic heterocycles. The van der Waals surface area contributed by atoms with E-state index >= 15 is 0 Å². The van der Waals surface area contributed by atoms with Gasteiger partial charge >= 0.3 is 5.97 Å². The number of aliphatic carboxylic acids is 1. The van der Waals surface area contributed by atoms with Gasteiger partial charge in [-0.05, 0) is 43.1 Å². The average Bonchev–Trinajstić information content (AvgIpc) is 2.45. The van der Waals surface area contributed by atoms with Gasteiger partial charge in [-0.1, -0.05) is 6.07 Å². The van der Waals surface area contributed by atoms with E-state index in [4.69, 9.17) is 5.11 Å². The van der Waals surface area contributed by atoms with Crippen molar-refractivity contribution in [3.8, 4) is 0 Å². The van der Waals surface area contributed by atoms with Crippen LogP contribution in [0.25, 0.3) is 6.08 Å². The molecule has 0 spiro atoms. The first-order valence-electron chi connectivity index (χ1n) is 6.52. The smallest absolute Gasteiger partial charge is 0.328 e. The molecule has 0 bridgehead atoms. The summed E-state index contributed by atoms with van der Waals surface area (Å²) in [5.41, 5.74) is 0.360. The SMILES string of the molecule is CSCCCCNC(=O)c1ccc(/C=C/C(=O)O)c(F)c1. The maximum Gasteiger partial charge on any atom is 0.328 e. The minimum atomic E-state index is -1.15. The summed E-state index contributed by atoms with van der Waals surface area (Å²) in [6, 6.07) is 3.97. The van der Waals surface area contributed by atoms with Crippen molar-refractivity contribution in [2.45, 2.75) is 12.8 Å². The quantitative estimate of drug-likeness (QED) is 0.572. The van der Waals surface area contributed by atoms with Crippen molar-refractivity contribution in [1.29, 1.82) is 0 Å². The molecule has 1 rings (SSSR count). The molecule has 0 fully saturated rings. The molecule has 4 nitrogen and oxygen atoms in total. The first kappa shape index (κ1) is 17.2. The summed E-state index contributed by atoms with van der Waals surface area (Å²) in [4.78, 5) is 22.2. The molecule has 0 heterocycles. The average molecular weight is 311 g/mol. The molecule has 114 valence electrons. The summed E-state index contributed by atoms with van der Waals surface area (Å²) in [5.74, 6) is -1.05. The molecular weight excluding hydrogens is 293 g/mol. The van der Waals surface area contributed by atoms with Gasteiger partial charge in [0, 0.05) is 23.7 Å². The summed E-state index contributed by atoms with van der Waals surface area (Å²) in [7, 11) is 0. The minimum absolute atomic E-state index is 0.133. The van der Waals surface area contributed by atoms with Crippen LogP contribution in [0.3, 0.4) is 0 Å². The monoisotopic (exact) mass is 311 g/mol. The minimum Gasteiger partial charge on any atom is -0.478 e. The van der Waals surface area contributed by atoms with Gasteiger partial charge in [0.1, 0.15) is 5.82 Å². The Kier molecular flexibility index (Phi) is 7.53. The third-order valence-corrected chi connectivity index (χ3v) is 3.43. The number of rotatable bonds is 8. The lowest BCUT2D eigenvalue weighted by atomic mass is 10.1. The third-order valence-electron chi connectivity index (χ3n) is 2.73. The molecule has 0 aliphatic rings. The standard InChI is InChI=1S/C15H18FNO3S/c1-21-9-3-2-8-17-15(20)12-5-4-11(13(16)10-12)6-7-14(18)19/h4-7,10H,2-3,8-9H2,1H3,(H,17,20)(H,18,19)/b7-6+. The molecule has 1 aromatic rings. The zero-order valence-electron chi connectivity index (χ0n) is 11.8. The van der Waals surface area contributed by atoms with E-state index in [0.717, 1.165) is 36.8 Å². The fourth-order valence-electron chi connectivity index (χ4n) is 1.64. The number of thioether (sulfide) groups is 1. The number of amides is 1. The lowest BCUT2D eigenvalue weighted by molar-refractivity contribution is -0.131. The third kappa shape index (κ3) is 6.44. The molecular formula is C15H18FNO3S. The van der Waals surface area contributed by atoms with E-state index in [9.17, 15) is 14.0 Å². The van der Waals surface area contributed by atoms with Gasteiger partial charge in [0.15, 0.2) is 0 Å². The number of carbonyl (C=O) groups is 2. The van der Waals surface area contributed by atoms with Crippen molar-refractivity contribution in [2.75, 3.05) is 18.6 Å². The van der Waals surface area contributed by atoms with Crippen molar-refractivity contribution in [2.24, 2.45) is 0 Å². The van der Waals surface area contributed by atoms with Crippen LogP contribution in [0.15, 0.2) is 24.3 Å². The van der Waals surface area contributed by atoms with E-state index in [1.54, 1.807) is 11.8 Å². The largest absolute Gasteiger partial charge is 0.478 e. The van der Waals surface area contributed by atoms with Gasteiger partial charge in [-0.2, -0.15) is 11.8 Å². The second-order valence-electron chi connectivity index (χ2n) is 4.36. The molecule has 21 heavy (non-hydrogen) atoms. The predicted octanol–water partition coefficient (Wildman–Crippen LogP) is 2.80. The van der Waals surface area contributed by atoms with Gasteiger partial charge in [-0.3, -0.25) is 4.79 Å². The number of halogens is 1. The molecule has 0 radical (unpaired) electrons. The van der Waals surface area contributed by atoms with E-state index in [2.05, 4.69) is 5.32 Å². The van der Waals surface area contributed by atoms with Crippen LogP contribution in [-0.2, 0) is 4.79 Å². The van der Waals surface area contributed by atoms with Crippen LogP contribution in [0.5, 0.6) is 0 Å². The highest BCUT2D eigenvalue weighted by atomic mass is 32.2. The Labute approximate surface area is 127 Å². The van der Waals surface area contributed by atoms with Crippen molar-refractivity contribution < 1.29 is 19.1 Å². The number of benzene rings is 1. The summed E-state index contributed by atoms with van der Waals surface area (Å²) < 4.78 is 13.7. The second kappa shape index (κ2) is 9.18. The molecule has 0 saturated heterocycles. The summed E-state index contributed by atoms with van der Waals surface area (Å²) >= 11 is 1.76. The first-order valence-corrected chi connectivity index (χ1v) is 7.91. The molecule has 6 heteroatoms. The maximum atomic E-state index is 13.7. The second-order valence-corrected chi connectivity index (χ2v) is 5.35. The van der Waals surface area contributed by atoms with E-state index < -0.39 is 11.8 Å². The summed E-state index contributed by atoms with van der Waals surface area (Å²) in [6.45, 7) is 0.557. The zero-order valence-corrected chi connectivity index (χ0v) is 12.6. The Morgan fingerprint density at radius 1 is 1.38 bits per heavy atom. The number of carboxylic acid groups (broad SMARTS) is 1. The predicted molar refractivity (Wildman–Crippen MR) is 83.0 cm³/mol. The van der Waals surface area contributed by atoms with Crippen LogP contribution in [0.4, 0.5) is 4.39 Å². The molecule has 1 amide bonds. The highest BCUT2D eigenvalue weighted by molar-refractivity contribution is 7.98. The van der Waals surface area contributed by atoms with Gasteiger partial charge in [-0.25, -0.2) is 9.18 Å². The van der Waals surface area contributed by atoms with E-state index in [-0.39, 0.29) is 17.0 Å². The van der Waals surface area contributed by atoms with Crippen molar-refractivity contribution in [3.63, 3.8) is 0 Å². The summed E-state index contributed by atoms with van der Waals surface area (Å²) in [5, 5.41) is 11.2. The molecule has 0 saturated carbocycles. The van der Waals surface area contributed by atoms with Crippen LogP contribution < -0.4 is 5.32 Å². The fraction of sp³-hybridized carbons (Fsp3) is 0.333. The number of carboxylic acids is 1. The molecule has 2 N–H and O–H groups in total. The number of nitrogens with one attached hydrogen (secondary N) is 1. The van der Waals surface area contributed by atoms with Gasteiger partial charge in [-0.15, -0.1) is 0 Å². The Morgan fingerprint density at radius 3 is 2.76 bits per heavy atom. The van der Waals surface area contributed by atoms with E-state index in [0.29, 0.717) is 6.54 Å². The Bertz CT molecular complexity index is 532. The van der Waals surface area contributed by atoms with Crippen LogP contribution >= 0.6 is 11.8 Å². The number of unbranched alkanes of at least 4 members (excludes halogenated alkanes) is 1. The topological polar surface area (TPSA) is 66.4 Å². The van der Waals surface area contributed by atoms with Crippen molar-refractivity contribution in [1.82, 2.24) is 5.32 Å². The van der Waals surface area contributed by atoms with Gasteiger partial charge < -0.3 is 10.4 Å². The molecule has 0 aromatic heterocycles. The lowest BCUT2D eigenvalue weighted by Gasteiger charge is -2.06. The summed E-state index contributed by atoms with van der Waals surface area (Å²) in [6.07, 6.45) is 5.94. The van der Waals surface area contributed by atoms with Gasteiger partial charge in [0.25, 0.3) is 5.91 Å². The molecule has 0 unspecified atom stereocenters. The molecule has 0 atom stereocenters. The lowest BCUT2D eigenvalue weighted by Crippen LogP contribution is -2.24. The Hall–Kier alpha value is -1.82. The van der Waals surface area contributed by atoms with E-state index in [1.165, 1.54) is 12.1 Å². The van der Waals surface area contributed by atoms with Crippen molar-refractivity contribution >= 4 is 29.7 Å². The van der Waals surface area contributed by atoms with E-state index in [1.807, 2.05) is 6.26 Å². The normalized spacial score (nSPS) is 10.8. The Balaban J connectivity index is 2.57. The van der Waals surface area contributed by atoms with Crippen LogP contribution in [0.2, 0.25) is 0 Å². The number of carbonyl (C=O) groups excluding carboxylic acids is 1. The molecule has 1 aromatic carbocycles. The van der Waals surface area contributed by atoms with Crippen molar-refractivity contribution in [3.05, 3.63) is 41.2 Å². The fourth-order valence-corrected chi connectivity index (χ4v) is 2.13. The number of hydrogen-bond donors (Lipinski definition) is 2. The highest BCUT2D eigenvalue weighted by Gasteiger charge is 2.08. The zero-order chi connectivity index (χ0) is 15.7. The first-order chi connectivity index (χ1) is 10.0. The van der Waals surface area contributed by atoms with Gasteiger partial charge in [0.2, 0.25) is 0 Å². The number of hydrogen-bond acceptors (Lipinski definition) is 3. The Morgan fingerprint density at radius 2 is 2.14 bits per heavy atom. The van der Waals surface area contributed by atoms with Crippen LogP contribution in [-0.4, -0.2) is 35.5 Å². The molecule has 0 aliphatic carbocycles.